The molecule has 0 fully saturated rings. The normalized spacial score (nSPS) is 16.4. The van der Waals surface area contributed by atoms with E-state index in [0.717, 1.165) is 11.3 Å². The molecule has 0 N–H and O–H groups in total. The first kappa shape index (κ1) is 20.0. The number of thiazole rings is 1. The number of nitrogens with zero attached hydrogens (tertiary/aromatic N) is 4. The van der Waals surface area contributed by atoms with Gasteiger partial charge in [0.1, 0.15) is 0 Å². The molecule has 8 heteroatoms. The quantitative estimate of drug-likeness (QED) is 0.590. The van der Waals surface area contributed by atoms with Gasteiger partial charge in [-0.25, -0.2) is 9.79 Å². The Morgan fingerprint density at radius 3 is 2.70 bits per heavy atom. The van der Waals surface area contributed by atoms with Crippen LogP contribution in [0.15, 0.2) is 63.7 Å². The van der Waals surface area contributed by atoms with Crippen molar-refractivity contribution in [2.45, 2.75) is 33.4 Å². The molecule has 0 aliphatic carbocycles. The van der Waals surface area contributed by atoms with Gasteiger partial charge in [0.25, 0.3) is 5.56 Å². The number of aryl methyl sites for hydroxylation is 1. The van der Waals surface area contributed by atoms with Crippen molar-refractivity contribution < 1.29 is 9.53 Å². The lowest BCUT2D eigenvalue weighted by molar-refractivity contribution is -0.139. The maximum absolute atomic E-state index is 13.4. The molecular formula is C22H22N4O3S. The molecule has 1 aliphatic rings. The maximum Gasteiger partial charge on any atom is 0.338 e. The molecule has 7 nitrogen and oxygen atoms in total. The lowest BCUT2D eigenvalue weighted by Gasteiger charge is -2.24. The molecule has 1 aromatic carbocycles. The monoisotopic (exact) mass is 422 g/mol. The minimum Gasteiger partial charge on any atom is -0.463 e. The number of carbonyl (C=O) groups excluding carboxylic acids is 1. The van der Waals surface area contributed by atoms with Crippen LogP contribution in [0.4, 0.5) is 0 Å². The molecule has 3 aromatic rings. The van der Waals surface area contributed by atoms with E-state index in [1.807, 2.05) is 54.1 Å². The third kappa shape index (κ3) is 3.43. The van der Waals surface area contributed by atoms with Crippen LogP contribution in [0.1, 0.15) is 38.1 Å². The van der Waals surface area contributed by atoms with Crippen LogP contribution >= 0.6 is 11.3 Å². The Bertz CT molecular complexity index is 1300. The van der Waals surface area contributed by atoms with Crippen molar-refractivity contribution in [3.8, 4) is 0 Å². The summed E-state index contributed by atoms with van der Waals surface area (Å²) in [5, 5.41) is 4.26. The number of esters is 1. The molecule has 0 saturated carbocycles. The fourth-order valence-corrected chi connectivity index (χ4v) is 4.64. The van der Waals surface area contributed by atoms with Gasteiger partial charge < -0.3 is 4.74 Å². The van der Waals surface area contributed by atoms with Crippen molar-refractivity contribution in [2.75, 3.05) is 6.61 Å². The van der Waals surface area contributed by atoms with E-state index in [2.05, 4.69) is 10.1 Å². The van der Waals surface area contributed by atoms with Crippen LogP contribution in [0.2, 0.25) is 0 Å². The zero-order valence-corrected chi connectivity index (χ0v) is 17.8. The van der Waals surface area contributed by atoms with Gasteiger partial charge >= 0.3 is 5.97 Å². The molecule has 2 aromatic heterocycles. The Hall–Kier alpha value is -3.26. The molecule has 0 amide bonds. The first-order valence-corrected chi connectivity index (χ1v) is 10.6. The molecule has 1 atom stereocenters. The van der Waals surface area contributed by atoms with Crippen LogP contribution < -0.4 is 14.9 Å². The molecule has 154 valence electrons. The predicted molar refractivity (Wildman–Crippen MR) is 115 cm³/mol. The second-order valence-electron chi connectivity index (χ2n) is 6.78. The van der Waals surface area contributed by atoms with Crippen molar-refractivity contribution in [1.82, 2.24) is 14.3 Å². The minimum atomic E-state index is -0.584. The first-order chi connectivity index (χ1) is 14.5. The summed E-state index contributed by atoms with van der Waals surface area (Å²) in [5.74, 6) is -0.453. The summed E-state index contributed by atoms with van der Waals surface area (Å²) >= 11 is 1.31. The largest absolute Gasteiger partial charge is 0.463 e. The lowest BCUT2D eigenvalue weighted by atomic mass is 9.96. The number of benzene rings is 1. The van der Waals surface area contributed by atoms with Gasteiger partial charge in [0.15, 0.2) is 4.80 Å². The number of fused-ring (bicyclic) bond motifs is 1. The van der Waals surface area contributed by atoms with E-state index in [1.54, 1.807) is 24.6 Å². The SMILES string of the molecule is CCOC(=O)C1=C(C)N=c2s/c(=C/c3ccnn3CC)c(=O)n2[C@@H]1c1ccccc1. The van der Waals surface area contributed by atoms with E-state index >= 15 is 0 Å². The standard InChI is InChI=1S/C22H22N4O3S/c1-4-25-16(11-12-23-25)13-17-20(27)26-19(15-9-7-6-8-10-15)18(21(28)29-5-2)14(3)24-22(26)30-17/h6-13,19H,4-5H2,1-3H3/b17-13+/t19-/m1/s1. The van der Waals surface area contributed by atoms with Crippen LogP contribution in [0.3, 0.4) is 0 Å². The van der Waals surface area contributed by atoms with E-state index in [-0.39, 0.29) is 12.2 Å². The fraction of sp³-hybridized carbons (Fsp3) is 0.273. The zero-order valence-electron chi connectivity index (χ0n) is 17.0. The number of hydrogen-bond acceptors (Lipinski definition) is 6. The number of rotatable bonds is 5. The summed E-state index contributed by atoms with van der Waals surface area (Å²) in [6, 6.07) is 10.8. The summed E-state index contributed by atoms with van der Waals surface area (Å²) in [7, 11) is 0. The first-order valence-electron chi connectivity index (χ1n) is 9.81. The Morgan fingerprint density at radius 2 is 2.00 bits per heavy atom. The highest BCUT2D eigenvalue weighted by Gasteiger charge is 2.33. The van der Waals surface area contributed by atoms with E-state index in [9.17, 15) is 9.59 Å². The Morgan fingerprint density at radius 1 is 1.23 bits per heavy atom. The van der Waals surface area contributed by atoms with E-state index in [4.69, 9.17) is 4.74 Å². The van der Waals surface area contributed by atoms with E-state index < -0.39 is 12.0 Å². The Kier molecular flexibility index (Phi) is 5.50. The molecule has 0 unspecified atom stereocenters. The third-order valence-corrected chi connectivity index (χ3v) is 5.94. The number of hydrogen-bond donors (Lipinski definition) is 0. The van der Waals surface area contributed by atoms with Gasteiger partial charge in [0.05, 0.1) is 34.1 Å². The lowest BCUT2D eigenvalue weighted by Crippen LogP contribution is -2.40. The van der Waals surface area contributed by atoms with Crippen LogP contribution in [-0.4, -0.2) is 26.9 Å². The second-order valence-corrected chi connectivity index (χ2v) is 7.79. The summed E-state index contributed by atoms with van der Waals surface area (Å²) < 4.78 is 9.25. The summed E-state index contributed by atoms with van der Waals surface area (Å²) in [6.45, 7) is 6.50. The summed E-state index contributed by atoms with van der Waals surface area (Å²) in [4.78, 5) is 31.4. The summed E-state index contributed by atoms with van der Waals surface area (Å²) in [5.41, 5.74) is 2.45. The van der Waals surface area contributed by atoms with Crippen LogP contribution in [0, 0.1) is 0 Å². The molecule has 0 spiro atoms. The highest BCUT2D eigenvalue weighted by molar-refractivity contribution is 7.07. The molecule has 0 bridgehead atoms. The number of carbonyl (C=O) groups is 1. The molecular weight excluding hydrogens is 400 g/mol. The van der Waals surface area contributed by atoms with Gasteiger partial charge in [0.2, 0.25) is 0 Å². The van der Waals surface area contributed by atoms with Crippen LogP contribution in [0.25, 0.3) is 6.08 Å². The van der Waals surface area contributed by atoms with Gasteiger partial charge in [0, 0.05) is 12.7 Å². The van der Waals surface area contributed by atoms with E-state index in [0.29, 0.717) is 27.1 Å². The van der Waals surface area contributed by atoms with Crippen molar-refractivity contribution in [3.05, 3.63) is 84.8 Å². The number of allylic oxidation sites excluding steroid dienone is 1. The second kappa shape index (κ2) is 8.23. The molecule has 4 rings (SSSR count). The number of aromatic nitrogens is 3. The summed E-state index contributed by atoms with van der Waals surface area (Å²) in [6.07, 6.45) is 3.54. The van der Waals surface area contributed by atoms with Gasteiger partial charge in [-0.15, -0.1) is 0 Å². The van der Waals surface area contributed by atoms with Crippen LogP contribution in [-0.2, 0) is 16.1 Å². The topological polar surface area (TPSA) is 78.5 Å². The minimum absolute atomic E-state index is 0.189. The average Bonchev–Trinajstić information content (AvgIpc) is 3.32. The van der Waals surface area contributed by atoms with Gasteiger partial charge in [-0.05, 0) is 38.5 Å². The molecule has 3 heterocycles. The zero-order chi connectivity index (χ0) is 21.3. The van der Waals surface area contributed by atoms with Crippen molar-refractivity contribution in [1.29, 1.82) is 0 Å². The predicted octanol–water partition coefficient (Wildman–Crippen LogP) is 2.01. The smallest absolute Gasteiger partial charge is 0.338 e. The van der Waals surface area contributed by atoms with Crippen molar-refractivity contribution in [3.63, 3.8) is 0 Å². The highest BCUT2D eigenvalue weighted by atomic mass is 32.1. The van der Waals surface area contributed by atoms with Crippen LogP contribution in [0.5, 0.6) is 0 Å². The molecule has 0 radical (unpaired) electrons. The van der Waals surface area contributed by atoms with Crippen molar-refractivity contribution in [2.24, 2.45) is 4.99 Å². The molecule has 30 heavy (non-hydrogen) atoms. The maximum atomic E-state index is 13.4. The van der Waals surface area contributed by atoms with Crippen molar-refractivity contribution >= 4 is 23.4 Å². The van der Waals surface area contributed by atoms with Gasteiger partial charge in [-0.1, -0.05) is 41.7 Å². The number of ether oxygens (including phenoxy) is 1. The fourth-order valence-electron chi connectivity index (χ4n) is 3.61. The Labute approximate surface area is 177 Å². The Balaban J connectivity index is 1.96. The average molecular weight is 423 g/mol. The molecule has 0 saturated heterocycles. The van der Waals surface area contributed by atoms with E-state index in [1.165, 1.54) is 11.3 Å². The third-order valence-electron chi connectivity index (χ3n) is 4.96. The molecule has 1 aliphatic heterocycles. The highest BCUT2D eigenvalue weighted by Crippen LogP contribution is 2.30. The van der Waals surface area contributed by atoms with Gasteiger partial charge in [-0.2, -0.15) is 5.10 Å². The van der Waals surface area contributed by atoms with Gasteiger partial charge in [-0.3, -0.25) is 14.0 Å².